The lowest BCUT2D eigenvalue weighted by molar-refractivity contribution is 0.0523. The number of benzene rings is 1. The highest BCUT2D eigenvalue weighted by Crippen LogP contribution is 2.23. The zero-order chi connectivity index (χ0) is 24.0. The molecule has 0 aliphatic rings. The van der Waals surface area contributed by atoms with Crippen molar-refractivity contribution in [1.82, 2.24) is 25.6 Å². The number of hydrogen-bond donors (Lipinski definition) is 2. The van der Waals surface area contributed by atoms with E-state index in [2.05, 4.69) is 25.6 Å². The van der Waals surface area contributed by atoms with E-state index in [1.807, 2.05) is 38.1 Å². The number of nitrogens with zero attached hydrogens (tertiary/aromatic N) is 3. The van der Waals surface area contributed by atoms with Crippen LogP contribution < -0.4 is 10.6 Å². The van der Waals surface area contributed by atoms with Crippen LogP contribution in [-0.4, -0.2) is 32.6 Å². The Morgan fingerprint density at radius 2 is 1.64 bits per heavy atom. The van der Waals surface area contributed by atoms with Gasteiger partial charge in [-0.25, -0.2) is 14.8 Å². The first-order valence-electron chi connectivity index (χ1n) is 10.7. The van der Waals surface area contributed by atoms with Crippen molar-refractivity contribution in [3.8, 4) is 11.1 Å². The zero-order valence-electron chi connectivity index (χ0n) is 19.6. The van der Waals surface area contributed by atoms with E-state index in [-0.39, 0.29) is 19.0 Å². The van der Waals surface area contributed by atoms with Crippen molar-refractivity contribution in [2.75, 3.05) is 0 Å². The molecule has 1 aromatic carbocycles. The highest BCUT2D eigenvalue weighted by molar-refractivity contribution is 5.95. The van der Waals surface area contributed by atoms with Crippen LogP contribution in [0.25, 0.3) is 11.1 Å². The lowest BCUT2D eigenvalue weighted by Gasteiger charge is -2.20. The molecular weight excluding hydrogens is 418 g/mol. The van der Waals surface area contributed by atoms with Gasteiger partial charge < -0.3 is 15.4 Å². The van der Waals surface area contributed by atoms with Gasteiger partial charge in [0.25, 0.3) is 5.91 Å². The molecule has 0 atom stereocenters. The third kappa shape index (κ3) is 7.38. The summed E-state index contributed by atoms with van der Waals surface area (Å²) in [5.41, 5.74) is 4.12. The molecule has 0 radical (unpaired) electrons. The maximum absolute atomic E-state index is 12.9. The molecule has 0 spiro atoms. The third-order valence-electron chi connectivity index (χ3n) is 4.57. The first-order chi connectivity index (χ1) is 15.6. The number of amides is 2. The fraction of sp³-hybridized carbons (Fsp3) is 0.320. The van der Waals surface area contributed by atoms with Gasteiger partial charge in [-0.3, -0.25) is 9.78 Å². The van der Waals surface area contributed by atoms with Gasteiger partial charge in [0.2, 0.25) is 0 Å². The van der Waals surface area contributed by atoms with E-state index in [1.54, 1.807) is 45.3 Å². The second kappa shape index (κ2) is 10.2. The summed E-state index contributed by atoms with van der Waals surface area (Å²) in [6.07, 6.45) is 2.87. The van der Waals surface area contributed by atoms with Gasteiger partial charge in [0.1, 0.15) is 11.4 Å². The number of nitrogens with one attached hydrogen (secondary N) is 2. The molecule has 2 heterocycles. The van der Waals surface area contributed by atoms with Crippen LogP contribution in [0.5, 0.6) is 0 Å². The molecule has 3 aromatic rings. The van der Waals surface area contributed by atoms with Crippen LogP contribution in [0.4, 0.5) is 4.79 Å². The summed E-state index contributed by atoms with van der Waals surface area (Å²) >= 11 is 0. The van der Waals surface area contributed by atoms with Crippen molar-refractivity contribution < 1.29 is 14.3 Å². The fourth-order valence-electron chi connectivity index (χ4n) is 3.15. The third-order valence-corrected chi connectivity index (χ3v) is 4.57. The maximum Gasteiger partial charge on any atom is 0.407 e. The predicted molar refractivity (Wildman–Crippen MR) is 125 cm³/mol. The molecule has 0 unspecified atom stereocenters. The largest absolute Gasteiger partial charge is 0.444 e. The Morgan fingerprint density at radius 3 is 2.33 bits per heavy atom. The number of carbonyl (C=O) groups is 2. The maximum atomic E-state index is 12.9. The minimum Gasteiger partial charge on any atom is -0.444 e. The van der Waals surface area contributed by atoms with E-state index in [0.29, 0.717) is 11.4 Å². The van der Waals surface area contributed by atoms with Gasteiger partial charge in [0, 0.05) is 35.9 Å². The van der Waals surface area contributed by atoms with Gasteiger partial charge in [0.05, 0.1) is 6.54 Å². The first-order valence-corrected chi connectivity index (χ1v) is 10.7. The molecule has 8 heteroatoms. The van der Waals surface area contributed by atoms with Gasteiger partial charge in [-0.1, -0.05) is 0 Å². The molecule has 0 saturated carbocycles. The van der Waals surface area contributed by atoms with Gasteiger partial charge >= 0.3 is 6.09 Å². The van der Waals surface area contributed by atoms with Crippen LogP contribution in [0, 0.1) is 13.8 Å². The van der Waals surface area contributed by atoms with Crippen molar-refractivity contribution in [2.24, 2.45) is 0 Å². The molecule has 0 fully saturated rings. The summed E-state index contributed by atoms with van der Waals surface area (Å²) in [4.78, 5) is 37.8. The predicted octanol–water partition coefficient (Wildman–Crippen LogP) is 4.11. The summed E-state index contributed by atoms with van der Waals surface area (Å²) in [7, 11) is 0. The molecule has 8 nitrogen and oxygen atoms in total. The Balaban J connectivity index is 1.83. The normalized spacial score (nSPS) is 11.1. The molecular formula is C25H29N5O3. The van der Waals surface area contributed by atoms with Crippen LogP contribution in [0.2, 0.25) is 0 Å². The van der Waals surface area contributed by atoms with Crippen LogP contribution in [0.3, 0.4) is 0 Å². The monoisotopic (exact) mass is 447 g/mol. The highest BCUT2D eigenvalue weighted by Gasteiger charge is 2.16. The fourth-order valence-corrected chi connectivity index (χ4v) is 3.15. The average molecular weight is 448 g/mol. The van der Waals surface area contributed by atoms with Crippen LogP contribution in [-0.2, 0) is 17.8 Å². The van der Waals surface area contributed by atoms with Crippen LogP contribution in [0.1, 0.15) is 53.9 Å². The van der Waals surface area contributed by atoms with E-state index in [1.165, 1.54) is 0 Å². The minimum atomic E-state index is -0.594. The van der Waals surface area contributed by atoms with Crippen molar-refractivity contribution >= 4 is 12.0 Å². The number of rotatable bonds is 6. The molecule has 0 saturated heterocycles. The van der Waals surface area contributed by atoms with E-state index in [0.717, 1.165) is 28.1 Å². The Morgan fingerprint density at radius 1 is 0.879 bits per heavy atom. The summed E-state index contributed by atoms with van der Waals surface area (Å²) < 4.78 is 5.31. The van der Waals surface area contributed by atoms with Gasteiger partial charge in [-0.2, -0.15) is 0 Å². The summed E-state index contributed by atoms with van der Waals surface area (Å²) in [5.74, 6) is 0.280. The van der Waals surface area contributed by atoms with Crippen molar-refractivity contribution in [3.05, 3.63) is 77.1 Å². The molecule has 2 N–H and O–H groups in total. The summed E-state index contributed by atoms with van der Waals surface area (Å²) in [6.45, 7) is 9.63. The number of pyridine rings is 1. The van der Waals surface area contributed by atoms with Gasteiger partial charge in [-0.05, 0) is 87.7 Å². The Kier molecular flexibility index (Phi) is 7.37. The highest BCUT2D eigenvalue weighted by atomic mass is 16.6. The van der Waals surface area contributed by atoms with E-state index < -0.39 is 11.7 Å². The summed E-state index contributed by atoms with van der Waals surface area (Å²) in [6, 6.07) is 11.1. The lowest BCUT2D eigenvalue weighted by Crippen LogP contribution is -2.32. The Bertz CT molecular complexity index is 1150. The van der Waals surface area contributed by atoms with Gasteiger partial charge in [0.15, 0.2) is 0 Å². The topological polar surface area (TPSA) is 106 Å². The molecule has 0 bridgehead atoms. The number of aromatic nitrogens is 3. The molecule has 2 amide bonds. The molecule has 0 aliphatic heterocycles. The Hall–Kier alpha value is -3.81. The smallest absolute Gasteiger partial charge is 0.407 e. The second-order valence-electron chi connectivity index (χ2n) is 8.76. The quantitative estimate of drug-likeness (QED) is 0.589. The van der Waals surface area contributed by atoms with Crippen LogP contribution >= 0.6 is 0 Å². The number of aryl methyl sites for hydroxylation is 2. The Labute approximate surface area is 193 Å². The number of alkyl carbamates (subject to hydrolysis) is 1. The van der Waals surface area contributed by atoms with Crippen LogP contribution in [0.15, 0.2) is 48.8 Å². The molecule has 3 rings (SSSR count). The SMILES string of the molecule is Cc1cc(-c2cc(CNC(=O)OC(C)(C)C)cc(C(=O)NCc3nccc(C)n3)c2)ccn1. The van der Waals surface area contributed by atoms with E-state index in [4.69, 9.17) is 4.74 Å². The number of ether oxygens (including phenoxy) is 1. The van der Waals surface area contributed by atoms with Gasteiger partial charge in [-0.15, -0.1) is 0 Å². The summed E-state index contributed by atoms with van der Waals surface area (Å²) in [5, 5.41) is 5.62. The molecule has 2 aromatic heterocycles. The standard InChI is InChI=1S/C25H29N5O3/c1-16-6-8-27-22(30-16)15-28-23(31)21-12-18(14-29-24(32)33-25(3,4)5)11-20(13-21)19-7-9-26-17(2)10-19/h6-13H,14-15H2,1-5H3,(H,28,31)(H,29,32). The number of carbonyl (C=O) groups excluding carboxylic acids is 2. The lowest BCUT2D eigenvalue weighted by atomic mass is 9.99. The van der Waals surface area contributed by atoms with E-state index in [9.17, 15) is 9.59 Å². The molecule has 33 heavy (non-hydrogen) atoms. The number of hydrogen-bond acceptors (Lipinski definition) is 6. The van der Waals surface area contributed by atoms with Crippen molar-refractivity contribution in [2.45, 2.75) is 53.3 Å². The second-order valence-corrected chi connectivity index (χ2v) is 8.76. The van der Waals surface area contributed by atoms with Crippen molar-refractivity contribution in [1.29, 1.82) is 0 Å². The first kappa shape index (κ1) is 23.8. The average Bonchev–Trinajstić information content (AvgIpc) is 2.75. The molecule has 172 valence electrons. The zero-order valence-corrected chi connectivity index (χ0v) is 19.6. The van der Waals surface area contributed by atoms with Crippen molar-refractivity contribution in [3.63, 3.8) is 0 Å². The molecule has 0 aliphatic carbocycles. The van der Waals surface area contributed by atoms with E-state index >= 15 is 0 Å². The minimum absolute atomic E-state index is 0.213.